The van der Waals surface area contributed by atoms with Crippen LogP contribution in [0.2, 0.25) is 0 Å². The first-order chi connectivity index (χ1) is 9.20. The average molecular weight is 262 g/mol. The molecule has 4 heteroatoms. The van der Waals surface area contributed by atoms with E-state index in [4.69, 9.17) is 14.6 Å². The topological polar surface area (TPSA) is 55.8 Å². The van der Waals surface area contributed by atoms with Gasteiger partial charge in [-0.25, -0.2) is 4.79 Å². The van der Waals surface area contributed by atoms with Crippen molar-refractivity contribution in [3.63, 3.8) is 0 Å². The summed E-state index contributed by atoms with van der Waals surface area (Å²) in [5.41, 5.74) is 1.01. The third-order valence-corrected chi connectivity index (χ3v) is 3.07. The smallest absolute Gasteiger partial charge is 0.332 e. The second kappa shape index (κ2) is 6.38. The molecule has 2 rings (SSSR count). The molecule has 0 saturated carbocycles. The zero-order valence-corrected chi connectivity index (χ0v) is 10.9. The summed E-state index contributed by atoms with van der Waals surface area (Å²) in [5, 5.41) is 8.86. The van der Waals surface area contributed by atoms with Gasteiger partial charge in [0.05, 0.1) is 6.10 Å². The molecule has 0 amide bonds. The lowest BCUT2D eigenvalue weighted by molar-refractivity contribution is -0.149. The standard InChI is InChI=1S/C15H18O4/c1-2-5-11-6-3-4-7-13(11)18-10-12-8-9-14(19-12)15(16)17/h2-7,12,14H,8-10H2,1H3,(H,16,17). The van der Waals surface area contributed by atoms with E-state index >= 15 is 0 Å². The third kappa shape index (κ3) is 3.58. The highest BCUT2D eigenvalue weighted by atomic mass is 16.6. The van der Waals surface area contributed by atoms with E-state index in [-0.39, 0.29) is 6.10 Å². The van der Waals surface area contributed by atoms with Gasteiger partial charge in [0.1, 0.15) is 12.4 Å². The second-order valence-electron chi connectivity index (χ2n) is 4.51. The van der Waals surface area contributed by atoms with Crippen LogP contribution in [0, 0.1) is 0 Å². The summed E-state index contributed by atoms with van der Waals surface area (Å²) in [7, 11) is 0. The van der Waals surface area contributed by atoms with E-state index in [2.05, 4.69) is 0 Å². The molecule has 1 N–H and O–H groups in total. The molecular formula is C15H18O4. The first-order valence-corrected chi connectivity index (χ1v) is 6.43. The summed E-state index contributed by atoms with van der Waals surface area (Å²) >= 11 is 0. The number of para-hydroxylation sites is 1. The van der Waals surface area contributed by atoms with Crippen LogP contribution < -0.4 is 4.74 Å². The van der Waals surface area contributed by atoms with E-state index in [1.54, 1.807) is 0 Å². The number of aliphatic carboxylic acids is 1. The predicted octanol–water partition coefficient (Wildman–Crippen LogP) is 2.73. The van der Waals surface area contributed by atoms with Crippen molar-refractivity contribution in [2.45, 2.75) is 32.0 Å². The van der Waals surface area contributed by atoms with Crippen LogP contribution in [-0.2, 0) is 9.53 Å². The van der Waals surface area contributed by atoms with Gasteiger partial charge in [0.25, 0.3) is 0 Å². The van der Waals surface area contributed by atoms with Crippen LogP contribution >= 0.6 is 0 Å². The molecule has 2 unspecified atom stereocenters. The van der Waals surface area contributed by atoms with Crippen molar-refractivity contribution in [1.29, 1.82) is 0 Å². The van der Waals surface area contributed by atoms with Gasteiger partial charge < -0.3 is 14.6 Å². The molecule has 1 fully saturated rings. The zero-order chi connectivity index (χ0) is 13.7. The highest BCUT2D eigenvalue weighted by Crippen LogP contribution is 2.23. The van der Waals surface area contributed by atoms with E-state index < -0.39 is 12.1 Å². The van der Waals surface area contributed by atoms with Gasteiger partial charge in [0.15, 0.2) is 6.10 Å². The van der Waals surface area contributed by atoms with Crippen molar-refractivity contribution in [1.82, 2.24) is 0 Å². The summed E-state index contributed by atoms with van der Waals surface area (Å²) in [6, 6.07) is 7.75. The largest absolute Gasteiger partial charge is 0.490 e. The monoisotopic (exact) mass is 262 g/mol. The number of benzene rings is 1. The lowest BCUT2D eigenvalue weighted by atomic mass is 10.2. The molecule has 1 heterocycles. The number of hydrogen-bond donors (Lipinski definition) is 1. The van der Waals surface area contributed by atoms with Gasteiger partial charge in [-0.15, -0.1) is 0 Å². The molecule has 19 heavy (non-hydrogen) atoms. The Morgan fingerprint density at radius 3 is 2.95 bits per heavy atom. The quantitative estimate of drug-likeness (QED) is 0.886. The first kappa shape index (κ1) is 13.6. The fourth-order valence-corrected chi connectivity index (χ4v) is 2.12. The summed E-state index contributed by atoms with van der Waals surface area (Å²) in [6.07, 6.45) is 4.39. The highest BCUT2D eigenvalue weighted by Gasteiger charge is 2.30. The summed E-state index contributed by atoms with van der Waals surface area (Å²) in [6.45, 7) is 2.34. The molecule has 4 nitrogen and oxygen atoms in total. The number of carbonyl (C=O) groups is 1. The van der Waals surface area contributed by atoms with E-state index in [1.807, 2.05) is 43.3 Å². The molecule has 102 valence electrons. The van der Waals surface area contributed by atoms with Gasteiger partial charge >= 0.3 is 5.97 Å². The van der Waals surface area contributed by atoms with Crippen LogP contribution in [0.3, 0.4) is 0 Å². The van der Waals surface area contributed by atoms with E-state index in [1.165, 1.54) is 0 Å². The molecule has 0 aliphatic carbocycles. The Hall–Kier alpha value is -1.81. The first-order valence-electron chi connectivity index (χ1n) is 6.43. The SMILES string of the molecule is CC=Cc1ccccc1OCC1CCC(C(=O)O)O1. The summed E-state index contributed by atoms with van der Waals surface area (Å²) in [4.78, 5) is 10.8. The Kier molecular flexibility index (Phi) is 4.58. The lowest BCUT2D eigenvalue weighted by Crippen LogP contribution is -2.23. The molecule has 0 aromatic heterocycles. The van der Waals surface area contributed by atoms with Crippen molar-refractivity contribution >= 4 is 12.0 Å². The Morgan fingerprint density at radius 1 is 1.47 bits per heavy atom. The molecule has 1 aromatic carbocycles. The number of ether oxygens (including phenoxy) is 2. The van der Waals surface area contributed by atoms with Gasteiger partial charge in [-0.1, -0.05) is 30.4 Å². The molecule has 1 saturated heterocycles. The average Bonchev–Trinajstić information content (AvgIpc) is 2.87. The summed E-state index contributed by atoms with van der Waals surface area (Å²) < 4.78 is 11.1. The second-order valence-corrected chi connectivity index (χ2v) is 4.51. The van der Waals surface area contributed by atoms with Crippen LogP contribution in [0.15, 0.2) is 30.3 Å². The van der Waals surface area contributed by atoms with Crippen LogP contribution in [0.5, 0.6) is 5.75 Å². The Labute approximate surface area is 112 Å². The maximum Gasteiger partial charge on any atom is 0.332 e. The normalized spacial score (nSPS) is 22.8. The Balaban J connectivity index is 1.91. The molecule has 1 aromatic rings. The number of allylic oxidation sites excluding steroid dienone is 1. The van der Waals surface area contributed by atoms with Gasteiger partial charge in [-0.2, -0.15) is 0 Å². The van der Waals surface area contributed by atoms with Crippen molar-refractivity contribution in [2.75, 3.05) is 6.61 Å². The predicted molar refractivity (Wildman–Crippen MR) is 72.2 cm³/mol. The maximum atomic E-state index is 10.8. The van der Waals surface area contributed by atoms with Crippen molar-refractivity contribution in [2.24, 2.45) is 0 Å². The minimum atomic E-state index is -0.892. The van der Waals surface area contributed by atoms with Crippen molar-refractivity contribution < 1.29 is 19.4 Å². The van der Waals surface area contributed by atoms with Crippen LogP contribution in [0.25, 0.3) is 6.08 Å². The Bertz CT molecular complexity index is 467. The van der Waals surface area contributed by atoms with Gasteiger partial charge in [0.2, 0.25) is 0 Å². The lowest BCUT2D eigenvalue weighted by Gasteiger charge is -2.14. The van der Waals surface area contributed by atoms with E-state index in [0.29, 0.717) is 13.0 Å². The zero-order valence-electron chi connectivity index (χ0n) is 10.9. The fourth-order valence-electron chi connectivity index (χ4n) is 2.12. The number of carboxylic acids is 1. The third-order valence-electron chi connectivity index (χ3n) is 3.07. The molecule has 0 bridgehead atoms. The highest BCUT2D eigenvalue weighted by molar-refractivity contribution is 5.72. The van der Waals surface area contributed by atoms with Crippen LogP contribution in [0.1, 0.15) is 25.3 Å². The molecule has 0 spiro atoms. The molecule has 1 aliphatic heterocycles. The van der Waals surface area contributed by atoms with E-state index in [9.17, 15) is 4.79 Å². The number of rotatable bonds is 5. The molecule has 1 aliphatic rings. The minimum Gasteiger partial charge on any atom is -0.490 e. The number of hydrogen-bond acceptors (Lipinski definition) is 3. The fraction of sp³-hybridized carbons (Fsp3) is 0.400. The Morgan fingerprint density at radius 2 is 2.26 bits per heavy atom. The molecular weight excluding hydrogens is 244 g/mol. The van der Waals surface area contributed by atoms with Crippen molar-refractivity contribution in [3.8, 4) is 5.75 Å². The molecule has 0 radical (unpaired) electrons. The van der Waals surface area contributed by atoms with E-state index in [0.717, 1.165) is 17.7 Å². The summed E-state index contributed by atoms with van der Waals surface area (Å²) in [5.74, 6) is -0.0974. The van der Waals surface area contributed by atoms with Gasteiger partial charge in [-0.3, -0.25) is 0 Å². The maximum absolute atomic E-state index is 10.8. The number of carboxylic acid groups (broad SMARTS) is 1. The van der Waals surface area contributed by atoms with Gasteiger partial charge in [-0.05, 0) is 25.8 Å². The minimum absolute atomic E-state index is 0.139. The van der Waals surface area contributed by atoms with Crippen LogP contribution in [0.4, 0.5) is 0 Å². The van der Waals surface area contributed by atoms with Crippen molar-refractivity contribution in [3.05, 3.63) is 35.9 Å². The molecule has 2 atom stereocenters. The van der Waals surface area contributed by atoms with Crippen LogP contribution in [-0.4, -0.2) is 29.9 Å². The van der Waals surface area contributed by atoms with Gasteiger partial charge in [0, 0.05) is 5.56 Å².